The van der Waals surface area contributed by atoms with E-state index in [1.54, 1.807) is 0 Å². The number of aryl methyl sites for hydroxylation is 3. The smallest absolute Gasteiger partial charge is 0.217 e. The number of anilines is 6. The van der Waals surface area contributed by atoms with Gasteiger partial charge in [-0.15, -0.1) is 0 Å². The van der Waals surface area contributed by atoms with Crippen LogP contribution in [0.4, 0.5) is 34.1 Å². The fraction of sp³-hybridized carbons (Fsp3) is 0.143. The van der Waals surface area contributed by atoms with E-state index >= 15 is 0 Å². The monoisotopic (exact) mass is 618 g/mol. The highest BCUT2D eigenvalue weighted by atomic mass is 28.4. The first-order valence-electron chi connectivity index (χ1n) is 15.9. The van der Waals surface area contributed by atoms with Gasteiger partial charge in [-0.3, -0.25) is 0 Å². The van der Waals surface area contributed by atoms with Crippen LogP contribution < -0.4 is 15.0 Å². The lowest BCUT2D eigenvalue weighted by Gasteiger charge is -2.27. The van der Waals surface area contributed by atoms with Crippen molar-refractivity contribution in [2.24, 2.45) is 0 Å². The first-order chi connectivity index (χ1) is 22.2. The van der Waals surface area contributed by atoms with Crippen molar-refractivity contribution >= 4 is 47.6 Å². The summed E-state index contributed by atoms with van der Waals surface area (Å²) in [6.45, 7) is 10.8. The zero-order valence-electron chi connectivity index (χ0n) is 27.7. The molecular weight excluding hydrogens is 577 g/mol. The van der Waals surface area contributed by atoms with Crippen molar-refractivity contribution in [3.63, 3.8) is 0 Å². The Bertz CT molecular complexity index is 1830. The SMILES string of the molecule is CO[Si](C)(C)c1ccc(N(c2ccc(C)cc2)c2ccc(-c3ccc(N(c4ccc(C)cc4)c4ccc(C)cc4)cc3)cc2)cc1. The van der Waals surface area contributed by atoms with Gasteiger partial charge in [0.15, 0.2) is 0 Å². The van der Waals surface area contributed by atoms with E-state index < -0.39 is 8.32 Å². The molecule has 0 aliphatic carbocycles. The number of rotatable bonds is 9. The van der Waals surface area contributed by atoms with Gasteiger partial charge >= 0.3 is 0 Å². The average molecular weight is 619 g/mol. The molecule has 0 radical (unpaired) electrons. The maximum absolute atomic E-state index is 5.86. The number of hydrogen-bond acceptors (Lipinski definition) is 3. The summed E-state index contributed by atoms with van der Waals surface area (Å²) in [5, 5.41) is 1.28. The molecule has 0 spiro atoms. The van der Waals surface area contributed by atoms with E-state index in [9.17, 15) is 0 Å². The molecule has 0 aromatic heterocycles. The third kappa shape index (κ3) is 6.69. The first kappa shape index (κ1) is 31.1. The van der Waals surface area contributed by atoms with E-state index in [0.29, 0.717) is 0 Å². The molecule has 6 rings (SSSR count). The molecule has 0 fully saturated rings. The quantitative estimate of drug-likeness (QED) is 0.150. The van der Waals surface area contributed by atoms with Gasteiger partial charge in [0.05, 0.1) is 0 Å². The summed E-state index contributed by atoms with van der Waals surface area (Å²) in [4.78, 5) is 4.63. The Hall–Kier alpha value is -4.90. The molecule has 0 heterocycles. The Morgan fingerprint density at radius 2 is 0.609 bits per heavy atom. The van der Waals surface area contributed by atoms with Crippen molar-refractivity contribution in [2.45, 2.75) is 33.9 Å². The van der Waals surface area contributed by atoms with E-state index in [1.807, 2.05) is 7.11 Å². The van der Waals surface area contributed by atoms with Crippen LogP contribution >= 0.6 is 0 Å². The van der Waals surface area contributed by atoms with E-state index in [-0.39, 0.29) is 0 Å². The minimum Gasteiger partial charge on any atom is -0.416 e. The molecule has 0 bridgehead atoms. The molecule has 3 nitrogen and oxygen atoms in total. The van der Waals surface area contributed by atoms with Crippen molar-refractivity contribution in [2.75, 3.05) is 16.9 Å². The van der Waals surface area contributed by atoms with Crippen molar-refractivity contribution in [1.29, 1.82) is 0 Å². The van der Waals surface area contributed by atoms with Gasteiger partial charge in [-0.2, -0.15) is 0 Å². The van der Waals surface area contributed by atoms with Crippen LogP contribution in [-0.2, 0) is 4.43 Å². The predicted molar refractivity (Wildman–Crippen MR) is 200 cm³/mol. The Morgan fingerprint density at radius 1 is 0.370 bits per heavy atom. The zero-order valence-corrected chi connectivity index (χ0v) is 28.7. The minimum absolute atomic E-state index is 1.12. The van der Waals surface area contributed by atoms with Crippen LogP contribution in [0.3, 0.4) is 0 Å². The second-order valence-corrected chi connectivity index (χ2v) is 16.5. The van der Waals surface area contributed by atoms with E-state index in [1.165, 1.54) is 33.0 Å². The average Bonchev–Trinajstić information content (AvgIpc) is 3.08. The highest BCUT2D eigenvalue weighted by Gasteiger charge is 2.24. The van der Waals surface area contributed by atoms with Gasteiger partial charge in [0, 0.05) is 41.2 Å². The van der Waals surface area contributed by atoms with Crippen LogP contribution in [0, 0.1) is 20.8 Å². The summed E-state index contributed by atoms with van der Waals surface area (Å²) in [7, 11) is -0.0810. The molecule has 6 aromatic carbocycles. The van der Waals surface area contributed by atoms with Gasteiger partial charge < -0.3 is 14.2 Å². The largest absolute Gasteiger partial charge is 0.416 e. The summed E-state index contributed by atoms with van der Waals surface area (Å²) in [5.41, 5.74) is 12.9. The highest BCUT2D eigenvalue weighted by Crippen LogP contribution is 2.38. The molecule has 6 aromatic rings. The van der Waals surface area contributed by atoms with Crippen LogP contribution in [0.1, 0.15) is 16.7 Å². The summed E-state index contributed by atoms with van der Waals surface area (Å²) in [6.07, 6.45) is 0. The maximum atomic E-state index is 5.86. The predicted octanol–water partition coefficient (Wildman–Crippen LogP) is 11.3. The number of nitrogens with zero attached hydrogens (tertiary/aromatic N) is 2. The fourth-order valence-electron chi connectivity index (χ4n) is 5.71. The number of benzene rings is 6. The molecule has 0 unspecified atom stereocenters. The molecule has 4 heteroatoms. The van der Waals surface area contributed by atoms with Crippen molar-refractivity contribution in [3.8, 4) is 11.1 Å². The third-order valence-corrected chi connectivity index (χ3v) is 11.5. The second-order valence-electron chi connectivity index (χ2n) is 12.5. The molecule has 0 saturated carbocycles. The lowest BCUT2D eigenvalue weighted by molar-refractivity contribution is 0.416. The summed E-state index contributed by atoms with van der Waals surface area (Å²) in [6, 6.07) is 52.8. The molecular formula is C42H42N2OSi. The maximum Gasteiger partial charge on any atom is 0.217 e. The van der Waals surface area contributed by atoms with Crippen LogP contribution in [0.5, 0.6) is 0 Å². The minimum atomic E-state index is -1.90. The lowest BCUT2D eigenvalue weighted by atomic mass is 10.0. The first-order valence-corrected chi connectivity index (χ1v) is 18.8. The van der Waals surface area contributed by atoms with Crippen molar-refractivity contribution < 1.29 is 4.43 Å². The van der Waals surface area contributed by atoms with Crippen LogP contribution in [0.2, 0.25) is 13.1 Å². The molecule has 0 saturated heterocycles. The molecule has 0 N–H and O–H groups in total. The fourth-order valence-corrected chi connectivity index (χ4v) is 6.92. The van der Waals surface area contributed by atoms with Crippen LogP contribution in [0.15, 0.2) is 146 Å². The van der Waals surface area contributed by atoms with Gasteiger partial charge in [0.2, 0.25) is 8.32 Å². The molecule has 0 aliphatic rings. The highest BCUT2D eigenvalue weighted by molar-refractivity contribution is 6.84. The van der Waals surface area contributed by atoms with E-state index in [0.717, 1.165) is 34.1 Å². The van der Waals surface area contributed by atoms with Crippen molar-refractivity contribution in [1.82, 2.24) is 0 Å². The summed E-state index contributed by atoms with van der Waals surface area (Å²) in [5.74, 6) is 0. The Kier molecular flexibility index (Phi) is 8.93. The molecule has 0 aliphatic heterocycles. The topological polar surface area (TPSA) is 15.7 Å². The third-order valence-electron chi connectivity index (χ3n) is 8.79. The summed E-state index contributed by atoms with van der Waals surface area (Å²) >= 11 is 0. The van der Waals surface area contributed by atoms with Crippen LogP contribution in [0.25, 0.3) is 11.1 Å². The van der Waals surface area contributed by atoms with E-state index in [4.69, 9.17) is 4.43 Å². The standard InChI is InChI=1S/C42H42N2OSi/c1-31-7-17-36(18-8-31)43(37-19-9-32(2)10-20-37)39-23-13-34(14-24-39)35-15-25-40(26-16-35)44(38-21-11-33(3)12-22-38)41-27-29-42(30-28-41)46(5,6)45-4/h7-30H,1-6H3. The second kappa shape index (κ2) is 13.2. The van der Waals surface area contributed by atoms with Gasteiger partial charge in [0.25, 0.3) is 0 Å². The Balaban J connectivity index is 1.31. The van der Waals surface area contributed by atoms with Gasteiger partial charge in [-0.1, -0.05) is 89.5 Å². The molecule has 0 atom stereocenters. The number of hydrogen-bond donors (Lipinski definition) is 0. The zero-order chi connectivity index (χ0) is 32.3. The normalized spacial score (nSPS) is 11.3. The Morgan fingerprint density at radius 3 is 0.870 bits per heavy atom. The molecule has 230 valence electrons. The van der Waals surface area contributed by atoms with E-state index in [2.05, 4.69) is 189 Å². The molecule has 46 heavy (non-hydrogen) atoms. The molecule has 0 amide bonds. The Labute approximate surface area is 275 Å². The van der Waals surface area contributed by atoms with Gasteiger partial charge in [-0.25, -0.2) is 0 Å². The van der Waals surface area contributed by atoms with Crippen molar-refractivity contribution in [3.05, 3.63) is 162 Å². The summed E-state index contributed by atoms with van der Waals surface area (Å²) < 4.78 is 5.86. The lowest BCUT2D eigenvalue weighted by Crippen LogP contribution is -2.43. The van der Waals surface area contributed by atoms with Gasteiger partial charge in [-0.05, 0) is 123 Å². The van der Waals surface area contributed by atoms with Crippen LogP contribution in [-0.4, -0.2) is 15.4 Å². The van der Waals surface area contributed by atoms with Gasteiger partial charge in [0.1, 0.15) is 0 Å².